The van der Waals surface area contributed by atoms with Gasteiger partial charge in [-0.25, -0.2) is 4.79 Å². The Balaban J connectivity index is 1.57. The van der Waals surface area contributed by atoms with Crippen molar-refractivity contribution in [1.82, 2.24) is 19.7 Å². The third-order valence-corrected chi connectivity index (χ3v) is 5.25. The predicted octanol–water partition coefficient (Wildman–Crippen LogP) is 2.95. The van der Waals surface area contributed by atoms with Gasteiger partial charge in [0.1, 0.15) is 0 Å². The Bertz CT molecular complexity index is 689. The van der Waals surface area contributed by atoms with Crippen LogP contribution < -0.4 is 5.32 Å². The summed E-state index contributed by atoms with van der Waals surface area (Å²) in [6.45, 7) is 13.4. The zero-order valence-corrected chi connectivity index (χ0v) is 16.8. The Morgan fingerprint density at radius 1 is 1.08 bits per heavy atom. The van der Waals surface area contributed by atoms with E-state index in [1.165, 1.54) is 18.5 Å². The number of nitrogens with zero attached hydrogens (tertiary/aromatic N) is 3. The van der Waals surface area contributed by atoms with E-state index in [1.807, 2.05) is 15.9 Å². The van der Waals surface area contributed by atoms with Crippen LogP contribution in [0.1, 0.15) is 61.4 Å². The minimum atomic E-state index is -0.0288. The molecule has 0 aromatic carbocycles. The SMILES string of the molecule is Cc1cc(C(=O)N2CCN(C(=O)NCC(C)(C)C)CC2)c(C)n1C1CC1. The smallest absolute Gasteiger partial charge is 0.317 e. The second-order valence-electron chi connectivity index (χ2n) is 8.88. The molecule has 0 atom stereocenters. The number of hydrogen-bond acceptors (Lipinski definition) is 2. The maximum atomic E-state index is 13.0. The number of carbonyl (C=O) groups excluding carboxylic acids is 2. The molecule has 26 heavy (non-hydrogen) atoms. The van der Waals surface area contributed by atoms with Crippen LogP contribution in [0.5, 0.6) is 0 Å². The Morgan fingerprint density at radius 3 is 2.19 bits per heavy atom. The van der Waals surface area contributed by atoms with Gasteiger partial charge in [-0.1, -0.05) is 20.8 Å². The summed E-state index contributed by atoms with van der Waals surface area (Å²) in [5, 5.41) is 2.99. The van der Waals surface area contributed by atoms with E-state index in [1.54, 1.807) is 0 Å². The molecule has 1 aliphatic carbocycles. The summed E-state index contributed by atoms with van der Waals surface area (Å²) in [6.07, 6.45) is 2.43. The molecule has 3 amide bonds. The Kier molecular flexibility index (Phi) is 5.04. The lowest BCUT2D eigenvalue weighted by Crippen LogP contribution is -2.53. The highest BCUT2D eigenvalue weighted by Gasteiger charge is 2.31. The molecule has 3 rings (SSSR count). The number of piperazine rings is 1. The number of hydrogen-bond donors (Lipinski definition) is 1. The summed E-state index contributed by atoms with van der Waals surface area (Å²) >= 11 is 0. The Morgan fingerprint density at radius 2 is 1.65 bits per heavy atom. The summed E-state index contributed by atoms with van der Waals surface area (Å²) in [7, 11) is 0. The van der Waals surface area contributed by atoms with Crippen LogP contribution in [0.3, 0.4) is 0 Å². The summed E-state index contributed by atoms with van der Waals surface area (Å²) in [4.78, 5) is 28.9. The normalized spacial score (nSPS) is 18.2. The number of amides is 3. The maximum Gasteiger partial charge on any atom is 0.317 e. The van der Waals surface area contributed by atoms with E-state index in [-0.39, 0.29) is 17.4 Å². The van der Waals surface area contributed by atoms with Crippen LogP contribution in [0, 0.1) is 19.3 Å². The van der Waals surface area contributed by atoms with E-state index in [4.69, 9.17) is 0 Å². The second-order valence-corrected chi connectivity index (χ2v) is 8.88. The standard InChI is InChI=1S/C20H32N4O2/c1-14-12-17(15(2)24(14)16-6-7-16)18(25)22-8-10-23(11-9-22)19(26)21-13-20(3,4)5/h12,16H,6-11,13H2,1-5H3,(H,21,26). The van der Waals surface area contributed by atoms with E-state index in [0.717, 1.165) is 11.3 Å². The molecule has 0 spiro atoms. The molecule has 1 aliphatic heterocycles. The average molecular weight is 361 g/mol. The van der Waals surface area contributed by atoms with E-state index in [2.05, 4.69) is 44.5 Å². The fourth-order valence-electron chi connectivity index (χ4n) is 3.62. The van der Waals surface area contributed by atoms with Gasteiger partial charge in [0.25, 0.3) is 5.91 Å². The lowest BCUT2D eigenvalue weighted by atomic mass is 9.97. The first kappa shape index (κ1) is 18.8. The molecule has 1 saturated heterocycles. The minimum absolute atomic E-state index is 0.0288. The van der Waals surface area contributed by atoms with Crippen molar-refractivity contribution in [3.63, 3.8) is 0 Å². The molecule has 0 bridgehead atoms. The first-order valence-corrected chi connectivity index (χ1v) is 9.68. The van der Waals surface area contributed by atoms with Gasteiger partial charge in [0, 0.05) is 50.2 Å². The van der Waals surface area contributed by atoms with Gasteiger partial charge in [-0.3, -0.25) is 4.79 Å². The van der Waals surface area contributed by atoms with Gasteiger partial charge in [0.15, 0.2) is 0 Å². The third-order valence-electron chi connectivity index (χ3n) is 5.25. The van der Waals surface area contributed by atoms with Crippen LogP contribution in [0.25, 0.3) is 0 Å². The van der Waals surface area contributed by atoms with Crippen LogP contribution >= 0.6 is 0 Å². The summed E-state index contributed by atoms with van der Waals surface area (Å²) in [5.41, 5.74) is 3.14. The third kappa shape index (κ3) is 4.05. The molecule has 2 fully saturated rings. The highest BCUT2D eigenvalue weighted by molar-refractivity contribution is 5.96. The molecule has 1 saturated carbocycles. The molecule has 6 heteroatoms. The molecule has 1 N–H and O–H groups in total. The van der Waals surface area contributed by atoms with E-state index < -0.39 is 0 Å². The molecule has 0 unspecified atom stereocenters. The molecule has 1 aromatic rings. The second kappa shape index (κ2) is 6.97. The molecular weight excluding hydrogens is 328 g/mol. The number of urea groups is 1. The topological polar surface area (TPSA) is 57.6 Å². The molecule has 2 heterocycles. The first-order chi connectivity index (χ1) is 12.2. The van der Waals surface area contributed by atoms with Gasteiger partial charge in [-0.05, 0) is 38.2 Å². The van der Waals surface area contributed by atoms with E-state index in [9.17, 15) is 9.59 Å². The highest BCUT2D eigenvalue weighted by atomic mass is 16.2. The van der Waals surface area contributed by atoms with Crippen molar-refractivity contribution in [1.29, 1.82) is 0 Å². The van der Waals surface area contributed by atoms with Gasteiger partial charge in [0.2, 0.25) is 0 Å². The van der Waals surface area contributed by atoms with Crippen LogP contribution in [-0.2, 0) is 0 Å². The van der Waals surface area contributed by atoms with Crippen molar-refractivity contribution in [3.8, 4) is 0 Å². The number of carbonyl (C=O) groups is 2. The lowest BCUT2D eigenvalue weighted by molar-refractivity contribution is 0.0663. The van der Waals surface area contributed by atoms with Crippen molar-refractivity contribution in [2.24, 2.45) is 5.41 Å². The van der Waals surface area contributed by atoms with Gasteiger partial charge in [-0.2, -0.15) is 0 Å². The molecular formula is C20H32N4O2. The van der Waals surface area contributed by atoms with Crippen molar-refractivity contribution in [2.45, 2.75) is 53.5 Å². The molecule has 144 valence electrons. The quantitative estimate of drug-likeness (QED) is 0.901. The van der Waals surface area contributed by atoms with Gasteiger partial charge in [0.05, 0.1) is 5.56 Å². The minimum Gasteiger partial charge on any atom is -0.345 e. The van der Waals surface area contributed by atoms with Crippen LogP contribution in [0.2, 0.25) is 0 Å². The van der Waals surface area contributed by atoms with Gasteiger partial charge < -0.3 is 19.7 Å². The van der Waals surface area contributed by atoms with Crippen molar-refractivity contribution < 1.29 is 9.59 Å². The summed E-state index contributed by atoms with van der Waals surface area (Å²) in [6, 6.07) is 2.58. The predicted molar refractivity (Wildman–Crippen MR) is 103 cm³/mol. The van der Waals surface area contributed by atoms with Crippen LogP contribution in [0.15, 0.2) is 6.07 Å². The molecule has 1 aromatic heterocycles. The van der Waals surface area contributed by atoms with Gasteiger partial charge in [-0.15, -0.1) is 0 Å². The number of rotatable bonds is 3. The van der Waals surface area contributed by atoms with Crippen molar-refractivity contribution in [2.75, 3.05) is 32.7 Å². The molecule has 0 radical (unpaired) electrons. The summed E-state index contributed by atoms with van der Waals surface area (Å²) < 4.78 is 2.31. The molecule has 2 aliphatic rings. The molecule has 6 nitrogen and oxygen atoms in total. The van der Waals surface area contributed by atoms with Crippen molar-refractivity contribution in [3.05, 3.63) is 23.0 Å². The number of aromatic nitrogens is 1. The fraction of sp³-hybridized carbons (Fsp3) is 0.700. The zero-order valence-electron chi connectivity index (χ0n) is 16.8. The first-order valence-electron chi connectivity index (χ1n) is 9.68. The van der Waals surface area contributed by atoms with E-state index >= 15 is 0 Å². The van der Waals surface area contributed by atoms with Crippen molar-refractivity contribution >= 4 is 11.9 Å². The monoisotopic (exact) mass is 360 g/mol. The van der Waals surface area contributed by atoms with E-state index in [0.29, 0.717) is 38.8 Å². The lowest BCUT2D eigenvalue weighted by Gasteiger charge is -2.35. The van der Waals surface area contributed by atoms with Crippen LogP contribution in [0.4, 0.5) is 4.79 Å². The number of nitrogens with one attached hydrogen (secondary N) is 1. The maximum absolute atomic E-state index is 13.0. The highest BCUT2D eigenvalue weighted by Crippen LogP contribution is 2.38. The zero-order chi connectivity index (χ0) is 19.1. The van der Waals surface area contributed by atoms with Gasteiger partial charge >= 0.3 is 6.03 Å². The Hall–Kier alpha value is -1.98. The average Bonchev–Trinajstić information content (AvgIpc) is 3.37. The van der Waals surface area contributed by atoms with Crippen LogP contribution in [-0.4, -0.2) is 59.0 Å². The Labute approximate surface area is 156 Å². The largest absolute Gasteiger partial charge is 0.345 e. The number of aryl methyl sites for hydroxylation is 1. The fourth-order valence-corrected chi connectivity index (χ4v) is 3.62. The summed E-state index contributed by atoms with van der Waals surface area (Å²) in [5.74, 6) is 0.0970.